The lowest BCUT2D eigenvalue weighted by molar-refractivity contribution is -0.174. The first-order chi connectivity index (χ1) is 17.9. The van der Waals surface area contributed by atoms with Crippen molar-refractivity contribution >= 4 is 38.9 Å². The van der Waals surface area contributed by atoms with E-state index in [9.17, 15) is 36.3 Å². The maximum absolute atomic E-state index is 13.5. The van der Waals surface area contributed by atoms with Crippen LogP contribution in [0, 0.1) is 29.3 Å². The summed E-state index contributed by atoms with van der Waals surface area (Å²) in [4.78, 5) is 24.2. The number of aliphatic hydroxyl groups excluding tert-OH is 1. The van der Waals surface area contributed by atoms with Gasteiger partial charge >= 0.3 is 0 Å². The predicted molar refractivity (Wildman–Crippen MR) is 132 cm³/mol. The number of anilines is 1. The molecule has 13 heteroatoms. The zero-order valence-corrected chi connectivity index (χ0v) is 21.6. The minimum atomic E-state index is -4.04. The molecule has 0 spiro atoms. The van der Waals surface area contributed by atoms with Crippen LogP contribution in [-0.4, -0.2) is 54.4 Å². The largest absolute Gasteiger partial charge is 0.396 e. The summed E-state index contributed by atoms with van der Waals surface area (Å²) >= 11 is 6.19. The summed E-state index contributed by atoms with van der Waals surface area (Å²) in [5, 5.41) is 23.8. The van der Waals surface area contributed by atoms with Gasteiger partial charge in [0.2, 0.25) is 5.91 Å². The molecule has 3 aliphatic carbocycles. The van der Waals surface area contributed by atoms with Crippen LogP contribution in [0.2, 0.25) is 5.02 Å². The lowest BCUT2D eigenvalue weighted by atomic mass is 9.53. The summed E-state index contributed by atoms with van der Waals surface area (Å²) in [6.07, 6.45) is 1.28. The number of hydrogen-bond donors (Lipinski definition) is 4. The van der Waals surface area contributed by atoms with Crippen LogP contribution in [0.3, 0.4) is 0 Å². The predicted octanol–water partition coefficient (Wildman–Crippen LogP) is 3.20. The molecule has 2 bridgehead atoms. The topological polar surface area (TPSA) is 133 Å². The molecule has 5 rings (SSSR count). The van der Waals surface area contributed by atoms with Gasteiger partial charge in [-0.25, -0.2) is 21.6 Å². The molecule has 0 radical (unpaired) electrons. The molecule has 0 heterocycles. The Kier molecular flexibility index (Phi) is 8.08. The monoisotopic (exact) mass is 574 g/mol. The van der Waals surface area contributed by atoms with Crippen LogP contribution in [0.5, 0.6) is 0 Å². The molecule has 2 atom stereocenters. The SMILES string of the molecule is O=C(CCCO)NCC1(O)C2CC1CC(S(=O)(=O)c1cc(C(=O)Nc3cc(F)c(F)c(F)c3)ccc1Cl)C2. The van der Waals surface area contributed by atoms with Crippen LogP contribution < -0.4 is 10.6 Å². The van der Waals surface area contributed by atoms with Crippen molar-refractivity contribution in [1.29, 1.82) is 0 Å². The minimum Gasteiger partial charge on any atom is -0.396 e. The van der Waals surface area contributed by atoms with E-state index in [4.69, 9.17) is 16.7 Å². The lowest BCUT2D eigenvalue weighted by Gasteiger charge is -2.58. The van der Waals surface area contributed by atoms with E-state index in [1.54, 1.807) is 0 Å². The van der Waals surface area contributed by atoms with Crippen LogP contribution in [0.15, 0.2) is 35.2 Å². The van der Waals surface area contributed by atoms with Gasteiger partial charge in [-0.05, 0) is 55.7 Å². The molecule has 3 aliphatic rings. The minimum absolute atomic E-state index is 0.0135. The van der Waals surface area contributed by atoms with Gasteiger partial charge < -0.3 is 20.8 Å². The number of halogens is 4. The van der Waals surface area contributed by atoms with Crippen LogP contribution >= 0.6 is 11.6 Å². The van der Waals surface area contributed by atoms with Crippen molar-refractivity contribution in [2.45, 2.75) is 47.9 Å². The Bertz CT molecular complexity index is 1340. The second-order valence-corrected chi connectivity index (χ2v) is 12.3. The van der Waals surface area contributed by atoms with Crippen LogP contribution in [0.4, 0.5) is 18.9 Å². The number of fused-ring (bicyclic) bond motifs is 2. The highest BCUT2D eigenvalue weighted by molar-refractivity contribution is 7.92. The molecule has 0 aromatic heterocycles. The summed E-state index contributed by atoms with van der Waals surface area (Å²) in [7, 11) is -4.04. The van der Waals surface area contributed by atoms with E-state index in [0.29, 0.717) is 25.0 Å². The van der Waals surface area contributed by atoms with Crippen molar-refractivity contribution in [2.75, 3.05) is 18.5 Å². The summed E-state index contributed by atoms with van der Waals surface area (Å²) in [6, 6.07) is 4.71. The number of carbonyl (C=O) groups is 2. The Morgan fingerprint density at radius 1 is 1.05 bits per heavy atom. The van der Waals surface area contributed by atoms with E-state index in [1.807, 2.05) is 0 Å². The van der Waals surface area contributed by atoms with E-state index in [1.165, 1.54) is 12.1 Å². The number of amides is 2. The van der Waals surface area contributed by atoms with Gasteiger partial charge in [0.05, 0.1) is 20.8 Å². The highest BCUT2D eigenvalue weighted by Crippen LogP contribution is 2.55. The second kappa shape index (κ2) is 10.8. The summed E-state index contributed by atoms with van der Waals surface area (Å²) < 4.78 is 67.2. The molecule has 3 fully saturated rings. The van der Waals surface area contributed by atoms with Gasteiger partial charge in [-0.15, -0.1) is 0 Å². The molecule has 0 aliphatic heterocycles. The number of aliphatic hydroxyl groups is 2. The maximum Gasteiger partial charge on any atom is 0.255 e. The molecule has 0 saturated heterocycles. The molecule has 2 unspecified atom stereocenters. The molecule has 206 valence electrons. The zero-order chi connectivity index (χ0) is 27.8. The first-order valence-electron chi connectivity index (χ1n) is 12.0. The molecule has 2 amide bonds. The van der Waals surface area contributed by atoms with Gasteiger partial charge in [0, 0.05) is 43.0 Å². The summed E-state index contributed by atoms with van der Waals surface area (Å²) in [6.45, 7) is -0.141. The van der Waals surface area contributed by atoms with Gasteiger partial charge in [-0.2, -0.15) is 0 Å². The summed E-state index contributed by atoms with van der Waals surface area (Å²) in [5.41, 5.74) is -1.74. The van der Waals surface area contributed by atoms with Crippen LogP contribution in [0.1, 0.15) is 42.5 Å². The van der Waals surface area contributed by atoms with Gasteiger partial charge in [0.15, 0.2) is 27.3 Å². The average Bonchev–Trinajstić information content (AvgIpc) is 2.89. The van der Waals surface area contributed by atoms with E-state index in [2.05, 4.69) is 10.6 Å². The third-order valence-corrected chi connectivity index (χ3v) is 10.0. The van der Waals surface area contributed by atoms with Crippen molar-refractivity contribution in [1.82, 2.24) is 5.32 Å². The van der Waals surface area contributed by atoms with E-state index in [-0.39, 0.29) is 71.3 Å². The van der Waals surface area contributed by atoms with E-state index < -0.39 is 44.0 Å². The van der Waals surface area contributed by atoms with E-state index in [0.717, 1.165) is 6.07 Å². The highest BCUT2D eigenvalue weighted by Gasteiger charge is 2.60. The van der Waals surface area contributed by atoms with Crippen LogP contribution in [0.25, 0.3) is 0 Å². The quantitative estimate of drug-likeness (QED) is 0.340. The van der Waals surface area contributed by atoms with Crippen LogP contribution in [-0.2, 0) is 14.6 Å². The third-order valence-electron chi connectivity index (χ3n) is 7.39. The molecule has 4 N–H and O–H groups in total. The Hall–Kier alpha value is -2.67. The first kappa shape index (κ1) is 28.3. The Morgan fingerprint density at radius 3 is 2.29 bits per heavy atom. The zero-order valence-electron chi connectivity index (χ0n) is 20.0. The molecule has 38 heavy (non-hydrogen) atoms. The summed E-state index contributed by atoms with van der Waals surface area (Å²) in [5.74, 6) is -6.62. The number of rotatable bonds is 9. The number of carbonyl (C=O) groups excluding carboxylic acids is 2. The number of nitrogens with one attached hydrogen (secondary N) is 2. The molecular formula is C25H26ClF3N2O6S. The fourth-order valence-electron chi connectivity index (χ4n) is 5.24. The lowest BCUT2D eigenvalue weighted by Crippen LogP contribution is -2.66. The van der Waals surface area contributed by atoms with Gasteiger partial charge in [-0.1, -0.05) is 11.6 Å². The second-order valence-electron chi connectivity index (χ2n) is 9.72. The van der Waals surface area contributed by atoms with Crippen molar-refractivity contribution in [3.63, 3.8) is 0 Å². The smallest absolute Gasteiger partial charge is 0.255 e. The molecular weight excluding hydrogens is 549 g/mol. The fourth-order valence-corrected chi connectivity index (χ4v) is 7.64. The maximum atomic E-state index is 13.5. The first-order valence-corrected chi connectivity index (χ1v) is 13.9. The van der Waals surface area contributed by atoms with Gasteiger partial charge in [-0.3, -0.25) is 9.59 Å². The normalized spacial score (nSPS) is 24.4. The van der Waals surface area contributed by atoms with Crippen molar-refractivity contribution in [3.05, 3.63) is 58.4 Å². The van der Waals surface area contributed by atoms with Crippen molar-refractivity contribution < 1.29 is 41.4 Å². The van der Waals surface area contributed by atoms with E-state index >= 15 is 0 Å². The van der Waals surface area contributed by atoms with Gasteiger partial charge in [0.1, 0.15) is 0 Å². The van der Waals surface area contributed by atoms with Crippen molar-refractivity contribution in [2.24, 2.45) is 11.8 Å². The Balaban J connectivity index is 1.47. The standard InChI is InChI=1S/C25H26ClF3N2O6S/c26-18-4-3-13(24(34)31-16-10-19(27)23(29)20(28)11-16)6-21(18)38(36,37)17-8-14-7-15(9-17)25(14,35)12-30-22(33)2-1-5-32/h3-4,6,10-11,14-15,17,32,35H,1-2,5,7-9,12H2,(H,30,33)(H,31,34). The number of sulfone groups is 1. The number of benzene rings is 2. The Morgan fingerprint density at radius 2 is 1.68 bits per heavy atom. The average molecular weight is 575 g/mol. The highest BCUT2D eigenvalue weighted by atomic mass is 35.5. The van der Waals surface area contributed by atoms with Gasteiger partial charge in [0.25, 0.3) is 5.91 Å². The molecule has 8 nitrogen and oxygen atoms in total. The Labute approximate surface area is 222 Å². The van der Waals surface area contributed by atoms with Crippen molar-refractivity contribution in [3.8, 4) is 0 Å². The fraction of sp³-hybridized carbons (Fsp3) is 0.440. The molecule has 2 aromatic rings. The molecule has 3 saturated carbocycles. The molecule has 2 aromatic carbocycles. The number of hydrogen-bond acceptors (Lipinski definition) is 6. The third kappa shape index (κ3) is 5.40.